The van der Waals surface area contributed by atoms with Crippen LogP contribution >= 0.6 is 0 Å². The maximum Gasteiger partial charge on any atom is 0.273 e. The lowest BCUT2D eigenvalue weighted by Crippen LogP contribution is -2.40. The second-order valence-electron chi connectivity index (χ2n) is 6.23. The summed E-state index contributed by atoms with van der Waals surface area (Å²) in [5, 5.41) is 0. The molecule has 0 N–H and O–H groups in total. The number of rotatable bonds is 3. The Morgan fingerprint density at radius 1 is 0.885 bits per heavy atom. The van der Waals surface area contributed by atoms with Crippen molar-refractivity contribution in [3.05, 3.63) is 95.6 Å². The van der Waals surface area contributed by atoms with Crippen molar-refractivity contribution in [1.29, 1.82) is 0 Å². The summed E-state index contributed by atoms with van der Waals surface area (Å²) in [6.45, 7) is 1.87. The molecular weight excluding hydrogens is 344 g/mol. The van der Waals surface area contributed by atoms with Crippen LogP contribution in [0.3, 0.4) is 0 Å². The van der Waals surface area contributed by atoms with Crippen molar-refractivity contribution in [3.8, 4) is 0 Å². The van der Waals surface area contributed by atoms with Crippen molar-refractivity contribution >= 4 is 27.2 Å². The van der Waals surface area contributed by atoms with Crippen molar-refractivity contribution in [3.63, 3.8) is 0 Å². The molecule has 0 saturated heterocycles. The molecule has 1 heterocycles. The molecule has 0 aromatic heterocycles. The number of benzene rings is 3. The van der Waals surface area contributed by atoms with E-state index in [1.54, 1.807) is 18.2 Å². The highest BCUT2D eigenvalue weighted by Crippen LogP contribution is 2.36. The Balaban J connectivity index is 1.95. The third kappa shape index (κ3) is 2.80. The lowest BCUT2D eigenvalue weighted by Gasteiger charge is -2.31. The van der Waals surface area contributed by atoms with Gasteiger partial charge in [-0.3, -0.25) is 4.79 Å². The van der Waals surface area contributed by atoms with Crippen molar-refractivity contribution in [2.45, 2.75) is 12.7 Å². The van der Waals surface area contributed by atoms with E-state index in [4.69, 9.17) is 0 Å². The number of para-hydroxylation sites is 1. The van der Waals surface area contributed by atoms with E-state index in [0.717, 1.165) is 11.1 Å². The fourth-order valence-corrected chi connectivity index (χ4v) is 5.33. The van der Waals surface area contributed by atoms with Crippen LogP contribution in [0.15, 0.2) is 83.2 Å². The smallest absolute Gasteiger partial charge is 0.268 e. The summed E-state index contributed by atoms with van der Waals surface area (Å²) < 4.78 is 19.9. The third-order valence-electron chi connectivity index (χ3n) is 4.36. The van der Waals surface area contributed by atoms with Gasteiger partial charge in [0.25, 0.3) is 5.91 Å². The van der Waals surface area contributed by atoms with Gasteiger partial charge < -0.3 is 0 Å². The highest BCUT2D eigenvalue weighted by atomic mass is 32.2. The molecule has 1 aliphatic rings. The van der Waals surface area contributed by atoms with Crippen LogP contribution in [0.1, 0.15) is 21.5 Å². The molecule has 5 heteroatoms. The molecule has 0 bridgehead atoms. The van der Waals surface area contributed by atoms with Crippen LogP contribution in [0.25, 0.3) is 0 Å². The summed E-state index contributed by atoms with van der Waals surface area (Å²) in [5.41, 5.74) is 3.33. The van der Waals surface area contributed by atoms with Gasteiger partial charge >= 0.3 is 0 Å². The lowest BCUT2D eigenvalue weighted by atomic mass is 10.1. The van der Waals surface area contributed by atoms with Crippen molar-refractivity contribution in [1.82, 2.24) is 0 Å². The van der Waals surface area contributed by atoms with Crippen LogP contribution < -0.4 is 4.31 Å². The van der Waals surface area contributed by atoms with Crippen LogP contribution in [0.5, 0.6) is 0 Å². The minimum atomic E-state index is -3.01. The van der Waals surface area contributed by atoms with Gasteiger partial charge in [-0.15, -0.1) is 0 Å². The van der Waals surface area contributed by atoms with E-state index < -0.39 is 9.92 Å². The molecule has 26 heavy (non-hydrogen) atoms. The zero-order valence-electron chi connectivity index (χ0n) is 14.3. The molecule has 3 aromatic carbocycles. The Hall–Kier alpha value is -2.92. The summed E-state index contributed by atoms with van der Waals surface area (Å²) in [5.74, 6) is -0.0813. The SMILES string of the molecule is Cc1cccc2c1C(=O)N(c1ccccc1)S(=O)(Cc1ccccc1)=N2. The first kappa shape index (κ1) is 16.5. The predicted octanol–water partition coefficient (Wildman–Crippen LogP) is 4.87. The number of hydrogen-bond acceptors (Lipinski definition) is 3. The van der Waals surface area contributed by atoms with Gasteiger partial charge in [-0.1, -0.05) is 60.7 Å². The Morgan fingerprint density at radius 3 is 2.23 bits per heavy atom. The van der Waals surface area contributed by atoms with Gasteiger partial charge in [-0.05, 0) is 36.2 Å². The summed E-state index contributed by atoms with van der Waals surface area (Å²) in [6, 6.07) is 24.1. The molecular formula is C21H18N2O2S. The molecule has 0 fully saturated rings. The van der Waals surface area contributed by atoms with E-state index in [2.05, 4.69) is 4.36 Å². The Kier molecular flexibility index (Phi) is 4.09. The predicted molar refractivity (Wildman–Crippen MR) is 105 cm³/mol. The van der Waals surface area contributed by atoms with Crippen LogP contribution in [0.2, 0.25) is 0 Å². The second kappa shape index (κ2) is 6.42. The first-order valence-electron chi connectivity index (χ1n) is 8.36. The van der Waals surface area contributed by atoms with Gasteiger partial charge in [0, 0.05) is 0 Å². The first-order chi connectivity index (χ1) is 12.6. The topological polar surface area (TPSA) is 49.7 Å². The fourth-order valence-electron chi connectivity index (χ4n) is 3.17. The minimum Gasteiger partial charge on any atom is -0.268 e. The van der Waals surface area contributed by atoms with E-state index in [1.165, 1.54) is 4.31 Å². The molecule has 1 amide bonds. The Morgan fingerprint density at radius 2 is 1.54 bits per heavy atom. The van der Waals surface area contributed by atoms with Crippen LogP contribution in [-0.4, -0.2) is 10.1 Å². The molecule has 1 unspecified atom stereocenters. The van der Waals surface area contributed by atoms with E-state index in [0.29, 0.717) is 16.9 Å². The Labute approximate surface area is 153 Å². The average Bonchev–Trinajstić information content (AvgIpc) is 2.63. The third-order valence-corrected chi connectivity index (χ3v) is 6.50. The van der Waals surface area contributed by atoms with Gasteiger partial charge in [0.2, 0.25) is 0 Å². The summed E-state index contributed by atoms with van der Waals surface area (Å²) >= 11 is 0. The largest absolute Gasteiger partial charge is 0.273 e. The van der Waals surface area contributed by atoms with Gasteiger partial charge in [0.1, 0.15) is 9.92 Å². The molecule has 4 rings (SSSR count). The van der Waals surface area contributed by atoms with E-state index in [9.17, 15) is 9.00 Å². The lowest BCUT2D eigenvalue weighted by molar-refractivity contribution is 0.100. The van der Waals surface area contributed by atoms with E-state index in [-0.39, 0.29) is 11.7 Å². The standard InChI is InChI=1S/C21H18N2O2S/c1-16-9-8-14-19-20(16)21(24)23(18-12-6-3-7-13-18)26(25,22-19)15-17-10-4-2-5-11-17/h2-14H,15H2,1H3. The maximum atomic E-state index is 13.9. The monoisotopic (exact) mass is 362 g/mol. The van der Waals surface area contributed by atoms with Gasteiger partial charge in [0.05, 0.1) is 22.7 Å². The van der Waals surface area contributed by atoms with Crippen LogP contribution in [-0.2, 0) is 15.7 Å². The number of nitrogens with zero attached hydrogens (tertiary/aromatic N) is 2. The van der Waals surface area contributed by atoms with Crippen molar-refractivity contribution in [2.75, 3.05) is 4.31 Å². The molecule has 0 spiro atoms. The van der Waals surface area contributed by atoms with Gasteiger partial charge in [-0.2, -0.15) is 4.36 Å². The molecule has 1 aliphatic heterocycles. The van der Waals surface area contributed by atoms with Crippen LogP contribution in [0, 0.1) is 6.92 Å². The average molecular weight is 362 g/mol. The number of fused-ring (bicyclic) bond motifs is 1. The minimum absolute atomic E-state index is 0.182. The summed E-state index contributed by atoms with van der Waals surface area (Å²) in [6.07, 6.45) is 0. The zero-order valence-corrected chi connectivity index (χ0v) is 15.1. The molecule has 1 atom stereocenters. The van der Waals surface area contributed by atoms with Gasteiger partial charge in [0.15, 0.2) is 0 Å². The Bertz CT molecular complexity index is 1090. The fraction of sp³-hybridized carbons (Fsp3) is 0.0952. The number of aryl methyl sites for hydroxylation is 1. The molecule has 0 aliphatic carbocycles. The highest BCUT2D eigenvalue weighted by Gasteiger charge is 2.35. The molecule has 4 nitrogen and oxygen atoms in total. The van der Waals surface area contributed by atoms with Gasteiger partial charge in [-0.25, -0.2) is 8.51 Å². The summed E-state index contributed by atoms with van der Waals surface area (Å²) in [7, 11) is -3.01. The van der Waals surface area contributed by atoms with Crippen molar-refractivity contribution < 1.29 is 9.00 Å². The molecule has 130 valence electrons. The molecule has 3 aromatic rings. The number of carbonyl (C=O) groups is 1. The number of amides is 1. The number of anilines is 1. The second-order valence-corrected chi connectivity index (χ2v) is 8.28. The first-order valence-corrected chi connectivity index (χ1v) is 10.0. The summed E-state index contributed by atoms with van der Waals surface area (Å²) in [4.78, 5) is 13.3. The van der Waals surface area contributed by atoms with Crippen LogP contribution in [0.4, 0.5) is 11.4 Å². The van der Waals surface area contributed by atoms with E-state index >= 15 is 0 Å². The number of carbonyl (C=O) groups excluding carboxylic acids is 1. The normalized spacial score (nSPS) is 19.0. The van der Waals surface area contributed by atoms with Crippen molar-refractivity contribution in [2.24, 2.45) is 4.36 Å². The molecule has 0 radical (unpaired) electrons. The maximum absolute atomic E-state index is 13.9. The zero-order chi connectivity index (χ0) is 18.1. The quantitative estimate of drug-likeness (QED) is 0.667. The highest BCUT2D eigenvalue weighted by molar-refractivity contribution is 7.95. The van der Waals surface area contributed by atoms with E-state index in [1.807, 2.05) is 67.6 Å². The number of hydrogen-bond donors (Lipinski definition) is 0. The molecule has 0 saturated carbocycles.